The van der Waals surface area contributed by atoms with Gasteiger partial charge in [-0.2, -0.15) is 0 Å². The molecule has 0 aliphatic carbocycles. The number of Topliss-reactive ketones (excluding diaryl/α,β-unsaturated/α-hetero) is 1. The molecule has 0 radical (unpaired) electrons. The summed E-state index contributed by atoms with van der Waals surface area (Å²) in [6.45, 7) is 6.05. The number of urea groups is 1. The van der Waals surface area contributed by atoms with Gasteiger partial charge in [-0.25, -0.2) is 27.9 Å². The Labute approximate surface area is 251 Å². The van der Waals surface area contributed by atoms with Crippen molar-refractivity contribution in [2.24, 2.45) is 0 Å². The molecular weight excluding hydrogens is 562 g/mol. The van der Waals surface area contributed by atoms with Crippen LogP contribution in [-0.4, -0.2) is 41.3 Å². The van der Waals surface area contributed by atoms with Crippen LogP contribution in [0.25, 0.3) is 16.9 Å². The summed E-state index contributed by atoms with van der Waals surface area (Å²) in [6, 6.07) is 24.5. The first kappa shape index (κ1) is 29.7. The summed E-state index contributed by atoms with van der Waals surface area (Å²) in [4.78, 5) is 34.8. The number of hydrogen-bond donors (Lipinski definition) is 2. The van der Waals surface area contributed by atoms with Gasteiger partial charge >= 0.3 is 6.03 Å². The van der Waals surface area contributed by atoms with Gasteiger partial charge in [0.25, 0.3) is 10.0 Å². The summed E-state index contributed by atoms with van der Waals surface area (Å²) in [5.74, 6) is 0.806. The third-order valence-corrected chi connectivity index (χ3v) is 8.47. The first-order valence-corrected chi connectivity index (χ1v) is 15.5. The highest BCUT2D eigenvalue weighted by Gasteiger charge is 2.19. The molecule has 5 rings (SSSR count). The van der Waals surface area contributed by atoms with Crippen LogP contribution in [-0.2, 0) is 22.9 Å². The van der Waals surface area contributed by atoms with Gasteiger partial charge in [0.1, 0.15) is 11.3 Å². The van der Waals surface area contributed by atoms with E-state index in [1.807, 2.05) is 90.7 Å². The molecule has 3 aromatic carbocycles. The van der Waals surface area contributed by atoms with Crippen molar-refractivity contribution in [3.63, 3.8) is 0 Å². The minimum Gasteiger partial charge on any atom is -0.337 e. The standard InChI is InChI=1S/C33H33N5O4S/c1-22-9-15-28(16-10-22)43(41,42)37-33(40)34-20-19-25-11-13-27(14-12-25)38-30(18-17-29(39)26-7-5-4-6-8-26)36-31-23(2)21-24(3)35-32(31)38/h4-16,21H,17-20H2,1-3H3,(H2,34,37,40). The van der Waals surface area contributed by atoms with Crippen LogP contribution in [0.3, 0.4) is 0 Å². The van der Waals surface area contributed by atoms with Crippen molar-refractivity contribution in [3.8, 4) is 5.69 Å². The number of imidazole rings is 1. The number of nitrogens with one attached hydrogen (secondary N) is 2. The van der Waals surface area contributed by atoms with Crippen molar-refractivity contribution in [1.29, 1.82) is 0 Å². The van der Waals surface area contributed by atoms with Crippen molar-refractivity contribution in [2.75, 3.05) is 6.54 Å². The molecule has 0 bridgehead atoms. The number of amides is 2. The minimum atomic E-state index is -3.95. The van der Waals surface area contributed by atoms with Gasteiger partial charge in [-0.1, -0.05) is 60.2 Å². The molecule has 0 spiro atoms. The summed E-state index contributed by atoms with van der Waals surface area (Å²) in [5, 5.41) is 2.61. The molecule has 220 valence electrons. The summed E-state index contributed by atoms with van der Waals surface area (Å²) < 4.78 is 29.0. The fraction of sp³-hybridized carbons (Fsp3) is 0.212. The van der Waals surface area contributed by atoms with Crippen LogP contribution in [0, 0.1) is 20.8 Å². The first-order valence-electron chi connectivity index (χ1n) is 14.0. The Balaban J connectivity index is 1.28. The SMILES string of the molecule is Cc1ccc(S(=O)(=O)NC(=O)NCCc2ccc(-n3c(CCC(=O)c4ccccc4)nc4c(C)cc(C)nc43)cc2)cc1. The number of benzene rings is 3. The molecule has 2 N–H and O–H groups in total. The molecule has 43 heavy (non-hydrogen) atoms. The lowest BCUT2D eigenvalue weighted by molar-refractivity contribution is 0.0982. The molecule has 0 saturated heterocycles. The van der Waals surface area contributed by atoms with Crippen molar-refractivity contribution < 1.29 is 18.0 Å². The maximum atomic E-state index is 12.8. The second-order valence-electron chi connectivity index (χ2n) is 10.5. The van der Waals surface area contributed by atoms with Gasteiger partial charge in [0, 0.05) is 36.3 Å². The van der Waals surface area contributed by atoms with E-state index in [0.717, 1.165) is 45.1 Å². The number of nitrogens with zero attached hydrogens (tertiary/aromatic N) is 3. The zero-order valence-corrected chi connectivity index (χ0v) is 25.1. The molecule has 9 nitrogen and oxygen atoms in total. The van der Waals surface area contributed by atoms with E-state index in [4.69, 9.17) is 9.97 Å². The molecule has 0 unspecified atom stereocenters. The lowest BCUT2D eigenvalue weighted by Gasteiger charge is -2.11. The number of aromatic nitrogens is 3. The van der Waals surface area contributed by atoms with Crippen LogP contribution < -0.4 is 10.0 Å². The lowest BCUT2D eigenvalue weighted by atomic mass is 10.1. The van der Waals surface area contributed by atoms with E-state index < -0.39 is 16.1 Å². The molecule has 2 aromatic heterocycles. The van der Waals surface area contributed by atoms with Crippen LogP contribution in [0.2, 0.25) is 0 Å². The Hall–Kier alpha value is -4.83. The third kappa shape index (κ3) is 6.98. The Bertz CT molecular complexity index is 1880. The number of pyridine rings is 1. The van der Waals surface area contributed by atoms with Gasteiger partial charge in [0.05, 0.1) is 4.90 Å². The number of sulfonamides is 1. The summed E-state index contributed by atoms with van der Waals surface area (Å²) in [5.41, 5.74) is 6.84. The molecule has 0 aliphatic heterocycles. The topological polar surface area (TPSA) is 123 Å². The second-order valence-corrected chi connectivity index (χ2v) is 12.2. The van der Waals surface area contributed by atoms with Gasteiger partial charge in [0.15, 0.2) is 11.4 Å². The maximum Gasteiger partial charge on any atom is 0.328 e. The van der Waals surface area contributed by atoms with E-state index in [9.17, 15) is 18.0 Å². The molecule has 5 aromatic rings. The molecule has 0 fully saturated rings. The average Bonchev–Trinajstić information content (AvgIpc) is 3.35. The van der Waals surface area contributed by atoms with E-state index in [1.54, 1.807) is 12.1 Å². The first-order chi connectivity index (χ1) is 20.6. The monoisotopic (exact) mass is 595 g/mol. The van der Waals surface area contributed by atoms with Crippen molar-refractivity contribution in [2.45, 2.75) is 44.9 Å². The number of fused-ring (bicyclic) bond motifs is 1. The Morgan fingerprint density at radius 3 is 2.23 bits per heavy atom. The Kier molecular flexibility index (Phi) is 8.68. The van der Waals surface area contributed by atoms with Crippen molar-refractivity contribution in [3.05, 3.63) is 119 Å². The van der Waals surface area contributed by atoms with E-state index in [-0.39, 0.29) is 17.2 Å². The quantitative estimate of drug-likeness (QED) is 0.209. The van der Waals surface area contributed by atoms with Gasteiger partial charge in [-0.05, 0) is 68.7 Å². The molecular formula is C33H33N5O4S. The highest BCUT2D eigenvalue weighted by atomic mass is 32.2. The number of rotatable bonds is 10. The summed E-state index contributed by atoms with van der Waals surface area (Å²) in [6.07, 6.45) is 1.27. The van der Waals surface area contributed by atoms with Gasteiger partial charge in [-0.15, -0.1) is 0 Å². The van der Waals surface area contributed by atoms with Crippen LogP contribution in [0.15, 0.2) is 89.8 Å². The van der Waals surface area contributed by atoms with E-state index in [1.165, 1.54) is 12.1 Å². The summed E-state index contributed by atoms with van der Waals surface area (Å²) >= 11 is 0. The number of ketones is 1. The molecule has 0 saturated carbocycles. The number of aryl methyl sites for hydroxylation is 4. The Morgan fingerprint density at radius 1 is 0.837 bits per heavy atom. The van der Waals surface area contributed by atoms with E-state index in [2.05, 4.69) is 5.32 Å². The highest BCUT2D eigenvalue weighted by molar-refractivity contribution is 7.90. The minimum absolute atomic E-state index is 0.0274. The smallest absolute Gasteiger partial charge is 0.328 e. The van der Waals surface area contributed by atoms with Crippen molar-refractivity contribution in [1.82, 2.24) is 24.6 Å². The van der Waals surface area contributed by atoms with E-state index >= 15 is 0 Å². The fourth-order valence-corrected chi connectivity index (χ4v) is 5.83. The largest absolute Gasteiger partial charge is 0.337 e. The number of carbonyl (C=O) groups is 2. The number of carbonyl (C=O) groups excluding carboxylic acids is 2. The maximum absolute atomic E-state index is 12.8. The van der Waals surface area contributed by atoms with Crippen LogP contribution in [0.4, 0.5) is 4.79 Å². The average molecular weight is 596 g/mol. The van der Waals surface area contributed by atoms with E-state index in [0.29, 0.717) is 24.8 Å². The second kappa shape index (κ2) is 12.6. The van der Waals surface area contributed by atoms with Crippen LogP contribution in [0.1, 0.15) is 45.0 Å². The molecule has 2 heterocycles. The fourth-order valence-electron chi connectivity index (χ4n) is 4.90. The van der Waals surface area contributed by atoms with Crippen LogP contribution >= 0.6 is 0 Å². The Morgan fingerprint density at radius 2 is 1.53 bits per heavy atom. The predicted octanol–water partition coefficient (Wildman–Crippen LogP) is 5.39. The lowest BCUT2D eigenvalue weighted by Crippen LogP contribution is -2.40. The normalized spacial score (nSPS) is 11.4. The predicted molar refractivity (Wildman–Crippen MR) is 166 cm³/mol. The van der Waals surface area contributed by atoms with Gasteiger partial charge in [0.2, 0.25) is 0 Å². The molecule has 0 aliphatic rings. The zero-order valence-electron chi connectivity index (χ0n) is 24.3. The van der Waals surface area contributed by atoms with Crippen molar-refractivity contribution >= 4 is 33.0 Å². The number of hydrogen-bond acceptors (Lipinski definition) is 6. The molecule has 2 amide bonds. The van der Waals surface area contributed by atoms with Gasteiger partial charge < -0.3 is 5.32 Å². The zero-order chi connectivity index (χ0) is 30.6. The molecule has 0 atom stereocenters. The molecule has 10 heteroatoms. The van der Waals surface area contributed by atoms with Crippen LogP contribution in [0.5, 0.6) is 0 Å². The van der Waals surface area contributed by atoms with Gasteiger partial charge in [-0.3, -0.25) is 9.36 Å². The third-order valence-electron chi connectivity index (χ3n) is 7.13. The summed E-state index contributed by atoms with van der Waals surface area (Å²) in [7, 11) is -3.95. The highest BCUT2D eigenvalue weighted by Crippen LogP contribution is 2.25.